The quantitative estimate of drug-likeness (QED) is 0.655. The molecule has 1 atom stereocenters. The van der Waals surface area contributed by atoms with E-state index in [0.29, 0.717) is 0 Å². The zero-order valence-corrected chi connectivity index (χ0v) is 13.7. The maximum atomic E-state index is 11.8. The molecule has 1 N–H and O–H groups in total. The number of carbonyl (C=O) groups excluding carboxylic acids is 1. The maximum absolute atomic E-state index is 11.8. The van der Waals surface area contributed by atoms with E-state index in [1.807, 2.05) is 69.3 Å². The molecular weight excluding hydrogens is 288 g/mol. The first-order valence-corrected chi connectivity index (χ1v) is 7.64. The van der Waals surface area contributed by atoms with E-state index in [-0.39, 0.29) is 18.4 Å². The minimum absolute atomic E-state index is 0.0542. The molecule has 0 aliphatic carbocycles. The number of nitrogens with one attached hydrogen (secondary N) is 1. The van der Waals surface area contributed by atoms with Crippen LogP contribution in [0.25, 0.3) is 0 Å². The maximum Gasteiger partial charge on any atom is 0.277 e. The lowest BCUT2D eigenvalue weighted by Gasteiger charge is -2.10. The summed E-state index contributed by atoms with van der Waals surface area (Å²) in [5, 5.41) is 4.00. The van der Waals surface area contributed by atoms with Crippen molar-refractivity contribution in [1.29, 1.82) is 0 Å². The Bertz CT molecular complexity index is 681. The van der Waals surface area contributed by atoms with Gasteiger partial charge in [-0.1, -0.05) is 49.4 Å². The Kier molecular flexibility index (Phi) is 5.92. The summed E-state index contributed by atoms with van der Waals surface area (Å²) in [5.74, 6) is 0.584. The summed E-state index contributed by atoms with van der Waals surface area (Å²) in [4.78, 5) is 11.8. The van der Waals surface area contributed by atoms with Gasteiger partial charge in [-0.05, 0) is 36.6 Å². The molecular formula is C19H22N2O2. The third-order valence-corrected chi connectivity index (χ3v) is 3.73. The molecule has 0 aromatic heterocycles. The summed E-state index contributed by atoms with van der Waals surface area (Å²) < 4.78 is 5.54. The molecule has 0 saturated carbocycles. The largest absolute Gasteiger partial charge is 0.483 e. The molecule has 0 unspecified atom stereocenters. The smallest absolute Gasteiger partial charge is 0.277 e. The summed E-state index contributed by atoms with van der Waals surface area (Å²) in [5.41, 5.74) is 5.82. The van der Waals surface area contributed by atoms with Crippen molar-refractivity contribution >= 4 is 12.1 Å². The van der Waals surface area contributed by atoms with Crippen LogP contribution in [0, 0.1) is 13.8 Å². The molecule has 2 rings (SSSR count). The van der Waals surface area contributed by atoms with Crippen LogP contribution in [-0.2, 0) is 4.79 Å². The van der Waals surface area contributed by atoms with Gasteiger partial charge in [0, 0.05) is 12.1 Å². The number of nitrogens with zero attached hydrogens (tertiary/aromatic N) is 1. The van der Waals surface area contributed by atoms with E-state index in [1.165, 1.54) is 0 Å². The molecule has 0 saturated heterocycles. The Morgan fingerprint density at radius 3 is 2.65 bits per heavy atom. The molecule has 1 amide bonds. The third kappa shape index (κ3) is 4.95. The van der Waals surface area contributed by atoms with Gasteiger partial charge in [0.25, 0.3) is 5.91 Å². The predicted octanol–water partition coefficient (Wildman–Crippen LogP) is 3.59. The molecule has 0 bridgehead atoms. The van der Waals surface area contributed by atoms with Crippen molar-refractivity contribution in [2.75, 3.05) is 6.61 Å². The van der Waals surface area contributed by atoms with E-state index in [4.69, 9.17) is 4.74 Å². The lowest BCUT2D eigenvalue weighted by molar-refractivity contribution is -0.123. The summed E-state index contributed by atoms with van der Waals surface area (Å²) in [7, 11) is 0. The minimum Gasteiger partial charge on any atom is -0.483 e. The molecule has 0 aliphatic rings. The number of benzene rings is 2. The molecule has 120 valence electrons. The highest BCUT2D eigenvalue weighted by Crippen LogP contribution is 2.20. The second-order valence-corrected chi connectivity index (χ2v) is 5.50. The monoisotopic (exact) mass is 310 g/mol. The van der Waals surface area contributed by atoms with Gasteiger partial charge >= 0.3 is 0 Å². The Morgan fingerprint density at radius 1 is 1.17 bits per heavy atom. The topological polar surface area (TPSA) is 50.7 Å². The number of hydrogen-bond acceptors (Lipinski definition) is 3. The van der Waals surface area contributed by atoms with Crippen LogP contribution >= 0.6 is 0 Å². The SMILES string of the molecule is Cc1cccc(OCC(=O)N/N=C/[C@H](C)c2ccccc2)c1C. The Hall–Kier alpha value is -2.62. The van der Waals surface area contributed by atoms with Crippen LogP contribution in [0.4, 0.5) is 0 Å². The number of amides is 1. The van der Waals surface area contributed by atoms with Crippen molar-refractivity contribution in [3.05, 3.63) is 65.2 Å². The molecule has 2 aromatic rings. The number of ether oxygens (including phenoxy) is 1. The summed E-state index contributed by atoms with van der Waals surface area (Å²) >= 11 is 0. The average molecular weight is 310 g/mol. The average Bonchev–Trinajstić information content (AvgIpc) is 2.57. The van der Waals surface area contributed by atoms with Crippen molar-refractivity contribution in [3.8, 4) is 5.75 Å². The Morgan fingerprint density at radius 2 is 1.91 bits per heavy atom. The molecule has 0 heterocycles. The first-order chi connectivity index (χ1) is 11.1. The normalized spacial score (nSPS) is 12.1. The summed E-state index contributed by atoms with van der Waals surface area (Å²) in [6, 6.07) is 15.8. The van der Waals surface area contributed by atoms with Gasteiger partial charge in [-0.15, -0.1) is 0 Å². The summed E-state index contributed by atoms with van der Waals surface area (Å²) in [6.07, 6.45) is 1.71. The molecule has 23 heavy (non-hydrogen) atoms. The van der Waals surface area contributed by atoms with E-state index in [1.54, 1.807) is 6.21 Å². The van der Waals surface area contributed by atoms with Gasteiger partial charge in [0.1, 0.15) is 5.75 Å². The van der Waals surface area contributed by atoms with Crippen molar-refractivity contribution in [1.82, 2.24) is 5.43 Å². The van der Waals surface area contributed by atoms with Crippen LogP contribution in [-0.4, -0.2) is 18.7 Å². The minimum atomic E-state index is -0.276. The fourth-order valence-corrected chi connectivity index (χ4v) is 2.12. The Labute approximate surface area is 137 Å². The van der Waals surface area contributed by atoms with Gasteiger partial charge in [0.2, 0.25) is 0 Å². The van der Waals surface area contributed by atoms with Gasteiger partial charge in [0.05, 0.1) is 0 Å². The predicted molar refractivity (Wildman–Crippen MR) is 92.9 cm³/mol. The van der Waals surface area contributed by atoms with Crippen molar-refractivity contribution < 1.29 is 9.53 Å². The standard InChI is InChI=1S/C19H22N2O2/c1-14-8-7-11-18(16(14)3)23-13-19(22)21-20-12-15(2)17-9-5-4-6-10-17/h4-12,15H,13H2,1-3H3,(H,21,22)/b20-12+/t15-/m0/s1. The van der Waals surface area contributed by atoms with Crippen LogP contribution in [0.1, 0.15) is 29.5 Å². The molecule has 2 aromatic carbocycles. The molecule has 0 spiro atoms. The molecule has 0 fully saturated rings. The van der Waals surface area contributed by atoms with Crippen LogP contribution in [0.15, 0.2) is 53.6 Å². The number of hydrogen-bond donors (Lipinski definition) is 1. The van der Waals surface area contributed by atoms with Crippen molar-refractivity contribution in [3.63, 3.8) is 0 Å². The lowest BCUT2D eigenvalue weighted by Crippen LogP contribution is -2.25. The summed E-state index contributed by atoms with van der Waals surface area (Å²) in [6.45, 7) is 5.96. The van der Waals surface area contributed by atoms with Crippen LogP contribution in [0.2, 0.25) is 0 Å². The van der Waals surface area contributed by atoms with Crippen LogP contribution in [0.5, 0.6) is 5.75 Å². The zero-order chi connectivity index (χ0) is 16.7. The van der Waals surface area contributed by atoms with E-state index in [2.05, 4.69) is 10.5 Å². The number of carbonyl (C=O) groups is 1. The molecule has 0 aliphatic heterocycles. The van der Waals surface area contributed by atoms with E-state index < -0.39 is 0 Å². The Balaban J connectivity index is 1.81. The van der Waals surface area contributed by atoms with Crippen molar-refractivity contribution in [2.24, 2.45) is 5.10 Å². The highest BCUT2D eigenvalue weighted by atomic mass is 16.5. The van der Waals surface area contributed by atoms with Gasteiger partial charge in [0.15, 0.2) is 6.61 Å². The van der Waals surface area contributed by atoms with Gasteiger partial charge in [-0.25, -0.2) is 5.43 Å². The fourth-order valence-electron chi connectivity index (χ4n) is 2.12. The first-order valence-electron chi connectivity index (χ1n) is 7.64. The molecule has 4 nitrogen and oxygen atoms in total. The van der Waals surface area contributed by atoms with Crippen LogP contribution in [0.3, 0.4) is 0 Å². The number of hydrazone groups is 1. The highest BCUT2D eigenvalue weighted by molar-refractivity contribution is 5.79. The van der Waals surface area contributed by atoms with Gasteiger partial charge < -0.3 is 4.74 Å². The molecule has 4 heteroatoms. The second kappa shape index (κ2) is 8.13. The van der Waals surface area contributed by atoms with Gasteiger partial charge in [-0.3, -0.25) is 4.79 Å². The van der Waals surface area contributed by atoms with Gasteiger partial charge in [-0.2, -0.15) is 5.10 Å². The fraction of sp³-hybridized carbons (Fsp3) is 0.263. The number of rotatable bonds is 6. The first kappa shape index (κ1) is 16.7. The highest BCUT2D eigenvalue weighted by Gasteiger charge is 2.06. The second-order valence-electron chi connectivity index (χ2n) is 5.50. The molecule has 0 radical (unpaired) electrons. The third-order valence-electron chi connectivity index (χ3n) is 3.73. The lowest BCUT2D eigenvalue weighted by atomic mass is 10.0. The van der Waals surface area contributed by atoms with E-state index in [9.17, 15) is 4.79 Å². The van der Waals surface area contributed by atoms with Crippen molar-refractivity contribution in [2.45, 2.75) is 26.7 Å². The van der Waals surface area contributed by atoms with E-state index in [0.717, 1.165) is 22.4 Å². The number of aryl methyl sites for hydroxylation is 1. The van der Waals surface area contributed by atoms with Crippen LogP contribution < -0.4 is 10.2 Å². The van der Waals surface area contributed by atoms with E-state index >= 15 is 0 Å². The zero-order valence-electron chi connectivity index (χ0n) is 13.7.